The van der Waals surface area contributed by atoms with Crippen LogP contribution in [-0.2, 0) is 9.84 Å². The fourth-order valence-corrected chi connectivity index (χ4v) is 3.76. The highest BCUT2D eigenvalue weighted by atomic mass is 32.2. The largest absolute Gasteiger partial charge is 0.478 e. The molecule has 0 saturated carbocycles. The van der Waals surface area contributed by atoms with Crippen molar-refractivity contribution in [1.82, 2.24) is 4.90 Å². The fourth-order valence-electron chi connectivity index (χ4n) is 2.64. The van der Waals surface area contributed by atoms with Gasteiger partial charge in [0.15, 0.2) is 9.84 Å². The standard InChI is InChI=1S/C16H21NO5S/c18-12-14-6-1-2-8-17(14)9-4-10-23(21,22)15-7-3-5-13(11-15)16(19)20/h3-5,7,9,11,14,18H,1-2,6,8,10,12H2,(H,19,20). The summed E-state index contributed by atoms with van der Waals surface area (Å²) < 4.78 is 24.6. The lowest BCUT2D eigenvalue weighted by Crippen LogP contribution is -2.38. The third-order valence-electron chi connectivity index (χ3n) is 3.94. The molecule has 1 heterocycles. The number of benzene rings is 1. The van der Waals surface area contributed by atoms with E-state index in [1.807, 2.05) is 4.90 Å². The van der Waals surface area contributed by atoms with Gasteiger partial charge in [-0.3, -0.25) is 0 Å². The third-order valence-corrected chi connectivity index (χ3v) is 5.54. The summed E-state index contributed by atoms with van der Waals surface area (Å²) in [6.07, 6.45) is 6.26. The van der Waals surface area contributed by atoms with Gasteiger partial charge in [-0.05, 0) is 43.7 Å². The number of nitrogens with zero attached hydrogens (tertiary/aromatic N) is 1. The molecule has 0 aromatic heterocycles. The molecule has 1 unspecified atom stereocenters. The second kappa shape index (κ2) is 7.61. The van der Waals surface area contributed by atoms with Gasteiger partial charge in [0.1, 0.15) is 0 Å². The van der Waals surface area contributed by atoms with Gasteiger partial charge >= 0.3 is 5.97 Å². The van der Waals surface area contributed by atoms with Crippen molar-refractivity contribution < 1.29 is 23.4 Å². The fraction of sp³-hybridized carbons (Fsp3) is 0.438. The maximum Gasteiger partial charge on any atom is 0.335 e. The number of carbonyl (C=O) groups is 1. The minimum absolute atomic E-state index is 0.000553. The van der Waals surface area contributed by atoms with Crippen LogP contribution in [0.3, 0.4) is 0 Å². The van der Waals surface area contributed by atoms with Crippen LogP contribution in [0.2, 0.25) is 0 Å². The average Bonchev–Trinajstić information content (AvgIpc) is 2.55. The van der Waals surface area contributed by atoms with Crippen molar-refractivity contribution in [3.05, 3.63) is 42.1 Å². The maximum atomic E-state index is 12.3. The molecule has 0 bridgehead atoms. The number of aromatic carboxylic acids is 1. The number of hydrogen-bond acceptors (Lipinski definition) is 5. The molecule has 7 heteroatoms. The van der Waals surface area contributed by atoms with Gasteiger partial charge in [0.2, 0.25) is 0 Å². The molecule has 6 nitrogen and oxygen atoms in total. The molecule has 0 spiro atoms. The van der Waals surface area contributed by atoms with Crippen LogP contribution in [0.5, 0.6) is 0 Å². The molecular formula is C16H21NO5S. The maximum absolute atomic E-state index is 12.3. The van der Waals surface area contributed by atoms with Crippen LogP contribution in [0.15, 0.2) is 41.4 Å². The number of sulfone groups is 1. The Morgan fingerprint density at radius 3 is 2.83 bits per heavy atom. The van der Waals surface area contributed by atoms with E-state index >= 15 is 0 Å². The molecule has 1 atom stereocenters. The first-order valence-electron chi connectivity index (χ1n) is 7.53. The third kappa shape index (κ3) is 4.56. The summed E-state index contributed by atoms with van der Waals surface area (Å²) >= 11 is 0. The van der Waals surface area contributed by atoms with Crippen molar-refractivity contribution >= 4 is 15.8 Å². The van der Waals surface area contributed by atoms with Crippen molar-refractivity contribution in [2.24, 2.45) is 0 Å². The highest BCUT2D eigenvalue weighted by Crippen LogP contribution is 2.18. The lowest BCUT2D eigenvalue weighted by atomic mass is 10.0. The monoisotopic (exact) mass is 339 g/mol. The summed E-state index contributed by atoms with van der Waals surface area (Å²) in [6.45, 7) is 0.855. The van der Waals surface area contributed by atoms with E-state index in [0.29, 0.717) is 0 Å². The van der Waals surface area contributed by atoms with Crippen LogP contribution in [0, 0.1) is 0 Å². The number of rotatable bonds is 6. The molecule has 0 aliphatic carbocycles. The van der Waals surface area contributed by atoms with Crippen LogP contribution in [-0.4, -0.2) is 54.4 Å². The van der Waals surface area contributed by atoms with Crippen molar-refractivity contribution in [2.75, 3.05) is 18.9 Å². The minimum Gasteiger partial charge on any atom is -0.478 e. The van der Waals surface area contributed by atoms with E-state index in [9.17, 15) is 18.3 Å². The van der Waals surface area contributed by atoms with Crippen molar-refractivity contribution in [3.8, 4) is 0 Å². The van der Waals surface area contributed by atoms with Crippen molar-refractivity contribution in [2.45, 2.75) is 30.2 Å². The first-order chi connectivity index (χ1) is 10.9. The zero-order valence-electron chi connectivity index (χ0n) is 12.8. The van der Waals surface area contributed by atoms with Gasteiger partial charge in [0.25, 0.3) is 0 Å². The molecule has 1 aliphatic rings. The van der Waals surface area contributed by atoms with Crippen LogP contribution in [0.1, 0.15) is 29.6 Å². The number of piperidine rings is 1. The van der Waals surface area contributed by atoms with Crippen molar-refractivity contribution in [3.63, 3.8) is 0 Å². The molecular weight excluding hydrogens is 318 g/mol. The lowest BCUT2D eigenvalue weighted by Gasteiger charge is -2.33. The van der Waals surface area contributed by atoms with Gasteiger partial charge in [-0.15, -0.1) is 0 Å². The quantitative estimate of drug-likeness (QED) is 0.816. The number of hydrogen-bond donors (Lipinski definition) is 2. The Labute approximate surface area is 136 Å². The molecule has 1 fully saturated rings. The van der Waals surface area contributed by atoms with Crippen LogP contribution < -0.4 is 0 Å². The molecule has 0 amide bonds. The minimum atomic E-state index is -3.58. The Morgan fingerprint density at radius 1 is 1.35 bits per heavy atom. The highest BCUT2D eigenvalue weighted by Gasteiger charge is 2.19. The summed E-state index contributed by atoms with van der Waals surface area (Å²) in [5, 5.41) is 18.3. The molecule has 0 radical (unpaired) electrons. The normalized spacial score (nSPS) is 19.2. The Bertz CT molecular complexity index is 683. The second-order valence-corrected chi connectivity index (χ2v) is 7.60. The average molecular weight is 339 g/mol. The van der Waals surface area contributed by atoms with Gasteiger partial charge in [0.05, 0.1) is 28.9 Å². The van der Waals surface area contributed by atoms with Crippen LogP contribution >= 0.6 is 0 Å². The zero-order chi connectivity index (χ0) is 16.9. The topological polar surface area (TPSA) is 94.9 Å². The Morgan fingerprint density at radius 2 is 2.13 bits per heavy atom. The molecule has 1 saturated heterocycles. The van der Waals surface area contributed by atoms with Crippen LogP contribution in [0.4, 0.5) is 0 Å². The second-order valence-electron chi connectivity index (χ2n) is 5.57. The van der Waals surface area contributed by atoms with Gasteiger partial charge in [-0.1, -0.05) is 12.1 Å². The van der Waals surface area contributed by atoms with Gasteiger partial charge in [-0.25, -0.2) is 13.2 Å². The summed E-state index contributed by atoms with van der Waals surface area (Å²) in [5.74, 6) is -1.36. The first kappa shape index (κ1) is 17.5. The predicted molar refractivity (Wildman–Crippen MR) is 86.0 cm³/mol. The number of carboxylic acids is 1. The van der Waals surface area contributed by atoms with E-state index in [2.05, 4.69) is 0 Å². The number of carboxylic acid groups (broad SMARTS) is 1. The molecule has 1 aliphatic heterocycles. The van der Waals surface area contributed by atoms with E-state index in [1.54, 1.807) is 12.3 Å². The van der Waals surface area contributed by atoms with Gasteiger partial charge < -0.3 is 15.1 Å². The molecule has 23 heavy (non-hydrogen) atoms. The van der Waals surface area contributed by atoms with Crippen molar-refractivity contribution in [1.29, 1.82) is 0 Å². The summed E-state index contributed by atoms with van der Waals surface area (Å²) in [4.78, 5) is 12.9. The van der Waals surface area contributed by atoms with Gasteiger partial charge in [-0.2, -0.15) is 0 Å². The zero-order valence-corrected chi connectivity index (χ0v) is 13.6. The smallest absolute Gasteiger partial charge is 0.335 e. The molecule has 2 N–H and O–H groups in total. The summed E-state index contributed by atoms with van der Waals surface area (Å²) in [6, 6.07) is 5.39. The summed E-state index contributed by atoms with van der Waals surface area (Å²) in [5.41, 5.74) is -0.0496. The Hall–Kier alpha value is -1.86. The lowest BCUT2D eigenvalue weighted by molar-refractivity contribution is 0.0696. The Balaban J connectivity index is 2.07. The molecule has 1 aromatic carbocycles. The van der Waals surface area contributed by atoms with E-state index in [4.69, 9.17) is 5.11 Å². The van der Waals surface area contributed by atoms with E-state index < -0.39 is 15.8 Å². The molecule has 2 rings (SSSR count). The Kier molecular flexibility index (Phi) is 5.79. The van der Waals surface area contributed by atoms with E-state index in [1.165, 1.54) is 24.3 Å². The first-order valence-corrected chi connectivity index (χ1v) is 9.18. The highest BCUT2D eigenvalue weighted by molar-refractivity contribution is 7.91. The van der Waals surface area contributed by atoms with Gasteiger partial charge in [0, 0.05) is 6.54 Å². The SMILES string of the molecule is O=C(O)c1cccc(S(=O)(=O)CC=CN2CCCCC2CO)c1. The molecule has 126 valence electrons. The van der Waals surface area contributed by atoms with E-state index in [0.717, 1.165) is 25.8 Å². The number of aliphatic hydroxyl groups is 1. The number of aliphatic hydroxyl groups excluding tert-OH is 1. The number of likely N-dealkylation sites (tertiary alicyclic amines) is 1. The van der Waals surface area contributed by atoms with Crippen LogP contribution in [0.25, 0.3) is 0 Å². The molecule has 1 aromatic rings. The summed E-state index contributed by atoms with van der Waals surface area (Å²) in [7, 11) is -3.58. The van der Waals surface area contributed by atoms with E-state index in [-0.39, 0.29) is 28.9 Å². The predicted octanol–water partition coefficient (Wildman–Crippen LogP) is 1.52.